The first-order valence-electron chi connectivity index (χ1n) is 6.58. The van der Waals surface area contributed by atoms with Crippen LogP contribution in [0.5, 0.6) is 0 Å². The van der Waals surface area contributed by atoms with Crippen LogP contribution in [0.3, 0.4) is 0 Å². The lowest BCUT2D eigenvalue weighted by Gasteiger charge is -2.20. The summed E-state index contributed by atoms with van der Waals surface area (Å²) in [5.74, 6) is -0.0385. The zero-order valence-corrected chi connectivity index (χ0v) is 11.7. The summed E-state index contributed by atoms with van der Waals surface area (Å²) in [5.41, 5.74) is 3.82. The molecule has 0 atom stereocenters. The van der Waals surface area contributed by atoms with Crippen molar-refractivity contribution in [1.82, 2.24) is 9.88 Å². The summed E-state index contributed by atoms with van der Waals surface area (Å²) < 4.78 is 0. The van der Waals surface area contributed by atoms with Crippen molar-refractivity contribution in [2.75, 3.05) is 19.7 Å². The molecule has 0 bridgehead atoms. The Morgan fingerprint density at radius 3 is 2.74 bits per heavy atom. The van der Waals surface area contributed by atoms with E-state index in [2.05, 4.69) is 4.98 Å². The number of fused-ring (bicyclic) bond motifs is 1. The molecule has 0 fully saturated rings. The first kappa shape index (κ1) is 13.6. The number of H-pyrrole nitrogens is 1. The van der Waals surface area contributed by atoms with Crippen LogP contribution in [0.15, 0.2) is 18.2 Å². The lowest BCUT2D eigenvalue weighted by Crippen LogP contribution is -2.33. The third kappa shape index (κ3) is 2.36. The first-order valence-corrected chi connectivity index (χ1v) is 6.58. The van der Waals surface area contributed by atoms with E-state index in [-0.39, 0.29) is 12.5 Å². The van der Waals surface area contributed by atoms with Gasteiger partial charge in [-0.15, -0.1) is 0 Å². The van der Waals surface area contributed by atoms with Crippen LogP contribution in [0.1, 0.15) is 28.5 Å². The van der Waals surface area contributed by atoms with Crippen LogP contribution in [0.25, 0.3) is 10.9 Å². The molecule has 0 radical (unpaired) electrons. The Bertz CT molecular complexity index is 601. The number of hydrogen-bond acceptors (Lipinski definition) is 2. The summed E-state index contributed by atoms with van der Waals surface area (Å²) in [5, 5.41) is 10.1. The maximum absolute atomic E-state index is 12.5. The third-order valence-electron chi connectivity index (χ3n) is 3.61. The number of nitrogens with one attached hydrogen (secondary N) is 1. The molecular weight excluding hydrogens is 240 g/mol. The topological polar surface area (TPSA) is 56.3 Å². The van der Waals surface area contributed by atoms with E-state index in [1.807, 2.05) is 39.0 Å². The number of aromatic nitrogens is 1. The van der Waals surface area contributed by atoms with Gasteiger partial charge < -0.3 is 15.0 Å². The van der Waals surface area contributed by atoms with Crippen LogP contribution >= 0.6 is 0 Å². The van der Waals surface area contributed by atoms with Crippen molar-refractivity contribution in [3.05, 3.63) is 35.0 Å². The van der Waals surface area contributed by atoms with Crippen molar-refractivity contribution in [2.24, 2.45) is 0 Å². The highest BCUT2D eigenvalue weighted by atomic mass is 16.3. The zero-order chi connectivity index (χ0) is 14.0. The first-order chi connectivity index (χ1) is 9.10. The quantitative estimate of drug-likeness (QED) is 0.885. The van der Waals surface area contributed by atoms with Gasteiger partial charge in [0.25, 0.3) is 5.91 Å². The fraction of sp³-hybridized carbons (Fsp3) is 0.400. The predicted octanol–water partition coefficient (Wildman–Crippen LogP) is 2.24. The minimum atomic E-state index is -0.0385. The lowest BCUT2D eigenvalue weighted by molar-refractivity contribution is 0.0734. The zero-order valence-electron chi connectivity index (χ0n) is 11.7. The van der Waals surface area contributed by atoms with E-state index in [9.17, 15) is 4.79 Å². The summed E-state index contributed by atoms with van der Waals surface area (Å²) in [6.45, 7) is 6.92. The van der Waals surface area contributed by atoms with Gasteiger partial charge in [0.05, 0.1) is 17.7 Å². The van der Waals surface area contributed by atoms with Crippen molar-refractivity contribution < 1.29 is 9.90 Å². The fourth-order valence-corrected chi connectivity index (χ4v) is 2.36. The Hall–Kier alpha value is -1.81. The fourth-order valence-electron chi connectivity index (χ4n) is 2.36. The van der Waals surface area contributed by atoms with Crippen LogP contribution in [0.4, 0.5) is 0 Å². The molecule has 0 saturated carbocycles. The summed E-state index contributed by atoms with van der Waals surface area (Å²) >= 11 is 0. The molecule has 1 amide bonds. The van der Waals surface area contributed by atoms with E-state index in [0.29, 0.717) is 18.7 Å². The van der Waals surface area contributed by atoms with Gasteiger partial charge in [-0.2, -0.15) is 0 Å². The second-order valence-electron chi connectivity index (χ2n) is 4.71. The van der Waals surface area contributed by atoms with Gasteiger partial charge in [-0.05, 0) is 32.4 Å². The predicted molar refractivity (Wildman–Crippen MR) is 76.4 cm³/mol. The van der Waals surface area contributed by atoms with Crippen LogP contribution in [0.2, 0.25) is 0 Å². The van der Waals surface area contributed by atoms with Crippen LogP contribution in [-0.4, -0.2) is 40.6 Å². The molecule has 102 valence electrons. The van der Waals surface area contributed by atoms with Crippen molar-refractivity contribution in [3.8, 4) is 0 Å². The highest BCUT2D eigenvalue weighted by Crippen LogP contribution is 2.25. The van der Waals surface area contributed by atoms with Gasteiger partial charge in [0.2, 0.25) is 0 Å². The average Bonchev–Trinajstić information content (AvgIpc) is 2.71. The number of nitrogens with zero attached hydrogens (tertiary/aromatic N) is 1. The summed E-state index contributed by atoms with van der Waals surface area (Å²) in [6.07, 6.45) is 0. The minimum absolute atomic E-state index is 0.0155. The number of carbonyl (C=O) groups is 1. The van der Waals surface area contributed by atoms with E-state index in [1.165, 1.54) is 5.56 Å². The van der Waals surface area contributed by atoms with Gasteiger partial charge in [0.1, 0.15) is 0 Å². The highest BCUT2D eigenvalue weighted by Gasteiger charge is 2.18. The van der Waals surface area contributed by atoms with E-state index >= 15 is 0 Å². The number of aliphatic hydroxyl groups is 1. The van der Waals surface area contributed by atoms with Crippen LogP contribution in [0, 0.1) is 13.8 Å². The summed E-state index contributed by atoms with van der Waals surface area (Å²) in [7, 11) is 0. The van der Waals surface area contributed by atoms with E-state index < -0.39 is 0 Å². The Morgan fingerprint density at radius 1 is 1.37 bits per heavy atom. The molecule has 19 heavy (non-hydrogen) atoms. The molecule has 2 aromatic rings. The number of likely N-dealkylation sites (N-methyl/N-ethyl adjacent to an activating group) is 1. The highest BCUT2D eigenvalue weighted by molar-refractivity contribution is 6.06. The van der Waals surface area contributed by atoms with Gasteiger partial charge in [-0.3, -0.25) is 4.79 Å². The average molecular weight is 260 g/mol. The van der Waals surface area contributed by atoms with Gasteiger partial charge in [0, 0.05) is 24.2 Å². The van der Waals surface area contributed by atoms with E-state index in [1.54, 1.807) is 4.90 Å². The molecule has 0 aliphatic carbocycles. The Balaban J connectivity index is 2.50. The molecule has 2 rings (SSSR count). The third-order valence-corrected chi connectivity index (χ3v) is 3.61. The Morgan fingerprint density at radius 2 is 2.11 bits per heavy atom. The molecule has 4 heteroatoms. The van der Waals surface area contributed by atoms with Crippen molar-refractivity contribution in [2.45, 2.75) is 20.8 Å². The standard InChI is InChI=1S/C15H20N2O2/c1-4-17(8-9-18)15(19)13-7-5-6-12-10(2)11(3)16-14(12)13/h5-7,16,18H,4,8-9H2,1-3H3. The molecule has 0 aliphatic rings. The molecule has 1 aromatic heterocycles. The molecule has 0 saturated heterocycles. The van der Waals surface area contributed by atoms with E-state index in [4.69, 9.17) is 5.11 Å². The van der Waals surface area contributed by atoms with Gasteiger partial charge in [-0.1, -0.05) is 12.1 Å². The summed E-state index contributed by atoms with van der Waals surface area (Å²) in [4.78, 5) is 17.4. The van der Waals surface area contributed by atoms with Gasteiger partial charge >= 0.3 is 0 Å². The number of aliphatic hydroxyl groups excluding tert-OH is 1. The Kier molecular flexibility index (Phi) is 3.90. The number of aryl methyl sites for hydroxylation is 2. The number of para-hydroxylation sites is 1. The van der Waals surface area contributed by atoms with Gasteiger partial charge in [0.15, 0.2) is 0 Å². The molecule has 1 aromatic carbocycles. The number of hydrogen-bond donors (Lipinski definition) is 2. The number of aromatic amines is 1. The smallest absolute Gasteiger partial charge is 0.256 e. The van der Waals surface area contributed by atoms with Crippen molar-refractivity contribution in [1.29, 1.82) is 0 Å². The molecule has 0 unspecified atom stereocenters. The molecular formula is C15H20N2O2. The van der Waals surface area contributed by atoms with Crippen LogP contribution < -0.4 is 0 Å². The second kappa shape index (κ2) is 5.45. The molecule has 1 heterocycles. The minimum Gasteiger partial charge on any atom is -0.395 e. The largest absolute Gasteiger partial charge is 0.395 e. The van der Waals surface area contributed by atoms with E-state index in [0.717, 1.165) is 16.6 Å². The monoisotopic (exact) mass is 260 g/mol. The second-order valence-corrected chi connectivity index (χ2v) is 4.71. The Labute approximate surface area is 113 Å². The maximum atomic E-state index is 12.5. The molecule has 4 nitrogen and oxygen atoms in total. The number of rotatable bonds is 4. The molecule has 2 N–H and O–H groups in total. The SMILES string of the molecule is CCN(CCO)C(=O)c1cccc2c(C)c(C)[nH]c12. The van der Waals surface area contributed by atoms with Crippen molar-refractivity contribution in [3.63, 3.8) is 0 Å². The molecule has 0 spiro atoms. The lowest BCUT2D eigenvalue weighted by atomic mass is 10.1. The van der Waals surface area contributed by atoms with Gasteiger partial charge in [-0.25, -0.2) is 0 Å². The number of amides is 1. The van der Waals surface area contributed by atoms with Crippen molar-refractivity contribution >= 4 is 16.8 Å². The normalized spacial score (nSPS) is 10.9. The number of benzene rings is 1. The number of carbonyl (C=O) groups excluding carboxylic acids is 1. The summed E-state index contributed by atoms with van der Waals surface area (Å²) in [6, 6.07) is 5.76. The maximum Gasteiger partial charge on any atom is 0.256 e. The molecule has 0 aliphatic heterocycles. The van der Waals surface area contributed by atoms with Crippen LogP contribution in [-0.2, 0) is 0 Å².